The molecular weight excluding hydrogens is 376 g/mol. The molecule has 0 spiro atoms. The molecule has 1 saturated carbocycles. The van der Waals surface area contributed by atoms with Crippen molar-refractivity contribution in [1.82, 2.24) is 25.3 Å². The van der Waals surface area contributed by atoms with Gasteiger partial charge in [0, 0.05) is 5.39 Å². The molecular formula is C23H22N6O. The number of anilines is 1. The topological polar surface area (TPSA) is 103 Å². The molecule has 4 aromatic rings. The van der Waals surface area contributed by atoms with Gasteiger partial charge in [-0.25, -0.2) is 15.0 Å². The fourth-order valence-electron chi connectivity index (χ4n) is 3.62. The molecule has 30 heavy (non-hydrogen) atoms. The van der Waals surface area contributed by atoms with Crippen molar-refractivity contribution in [3.8, 4) is 11.6 Å². The quantitative estimate of drug-likeness (QED) is 0.518. The molecule has 0 aliphatic heterocycles. The van der Waals surface area contributed by atoms with Crippen LogP contribution in [0.4, 0.5) is 5.82 Å². The summed E-state index contributed by atoms with van der Waals surface area (Å²) in [6, 6.07) is 12.3. The summed E-state index contributed by atoms with van der Waals surface area (Å²) >= 11 is 0. The number of aryl methyl sites for hydroxylation is 1. The number of nitrogens with two attached hydrogens (primary N) is 1. The van der Waals surface area contributed by atoms with E-state index in [0.717, 1.165) is 40.8 Å². The number of benzene rings is 1. The fraction of sp³-hybridized carbons (Fsp3) is 0.217. The molecule has 0 atom stereocenters. The summed E-state index contributed by atoms with van der Waals surface area (Å²) in [6.45, 7) is 2.48. The normalized spacial score (nSPS) is 13.3. The van der Waals surface area contributed by atoms with Crippen molar-refractivity contribution >= 4 is 22.4 Å². The van der Waals surface area contributed by atoms with Gasteiger partial charge in [-0.15, -0.1) is 0 Å². The predicted octanol–water partition coefficient (Wildman–Crippen LogP) is 4.26. The van der Waals surface area contributed by atoms with E-state index < -0.39 is 0 Å². The number of hydrogen-bond acceptors (Lipinski definition) is 7. The van der Waals surface area contributed by atoms with Crippen LogP contribution in [0, 0.1) is 6.92 Å². The summed E-state index contributed by atoms with van der Waals surface area (Å²) in [6.07, 6.45) is 6.35. The molecule has 1 aliphatic carbocycles. The number of nitrogens with zero attached hydrogens (tertiary/aromatic N) is 4. The van der Waals surface area contributed by atoms with Gasteiger partial charge in [-0.2, -0.15) is 0 Å². The molecule has 0 saturated heterocycles. The number of oxazole rings is 1. The van der Waals surface area contributed by atoms with Crippen molar-refractivity contribution in [2.24, 2.45) is 0 Å². The number of aromatic nitrogens is 4. The number of para-hydroxylation sites is 1. The lowest BCUT2D eigenvalue weighted by molar-refractivity contribution is 0.571. The highest BCUT2D eigenvalue weighted by molar-refractivity contribution is 5.78. The van der Waals surface area contributed by atoms with E-state index in [1.807, 2.05) is 31.2 Å². The molecule has 1 aromatic carbocycles. The van der Waals surface area contributed by atoms with Gasteiger partial charge in [-0.3, -0.25) is 4.98 Å². The zero-order valence-corrected chi connectivity index (χ0v) is 16.7. The second-order valence-electron chi connectivity index (χ2n) is 7.41. The zero-order valence-electron chi connectivity index (χ0n) is 16.7. The summed E-state index contributed by atoms with van der Waals surface area (Å²) in [5.74, 6) is 0.784. The number of pyridine rings is 1. The van der Waals surface area contributed by atoms with E-state index in [4.69, 9.17) is 20.1 Å². The van der Waals surface area contributed by atoms with Crippen molar-refractivity contribution in [2.45, 2.75) is 32.7 Å². The second-order valence-corrected chi connectivity index (χ2v) is 7.41. The van der Waals surface area contributed by atoms with Crippen LogP contribution in [0.5, 0.6) is 0 Å². The third-order valence-corrected chi connectivity index (χ3v) is 5.38. The number of fused-ring (bicyclic) bond motifs is 1. The average molecular weight is 398 g/mol. The minimum Gasteiger partial charge on any atom is -0.443 e. The number of rotatable bonds is 5. The molecule has 3 N–H and O–H groups in total. The number of nitrogen functional groups attached to an aromatic ring is 1. The average Bonchev–Trinajstić information content (AvgIpc) is 3.25. The van der Waals surface area contributed by atoms with Gasteiger partial charge >= 0.3 is 0 Å². The van der Waals surface area contributed by atoms with Crippen LogP contribution in [0.2, 0.25) is 0 Å². The highest BCUT2D eigenvalue weighted by Crippen LogP contribution is 2.34. The molecule has 5 rings (SSSR count). The molecule has 0 unspecified atom stereocenters. The van der Waals surface area contributed by atoms with E-state index in [0.29, 0.717) is 29.6 Å². The summed E-state index contributed by atoms with van der Waals surface area (Å²) in [4.78, 5) is 18.2. The van der Waals surface area contributed by atoms with Crippen LogP contribution in [0.3, 0.4) is 0 Å². The highest BCUT2D eigenvalue weighted by atomic mass is 16.3. The summed E-state index contributed by atoms with van der Waals surface area (Å²) in [7, 11) is 0. The Balaban J connectivity index is 1.46. The Morgan fingerprint density at radius 3 is 2.73 bits per heavy atom. The lowest BCUT2D eigenvalue weighted by atomic mass is 9.89. The van der Waals surface area contributed by atoms with E-state index in [2.05, 4.69) is 27.4 Å². The molecule has 3 aromatic heterocycles. The summed E-state index contributed by atoms with van der Waals surface area (Å²) in [5, 5.41) is 4.67. The third kappa shape index (κ3) is 3.39. The lowest BCUT2D eigenvalue weighted by Gasteiger charge is -2.24. The van der Waals surface area contributed by atoms with Gasteiger partial charge in [0.1, 0.15) is 17.7 Å². The summed E-state index contributed by atoms with van der Waals surface area (Å²) in [5.41, 5.74) is 12.5. The van der Waals surface area contributed by atoms with Crippen LogP contribution < -0.4 is 11.1 Å². The van der Waals surface area contributed by atoms with Gasteiger partial charge in [0.25, 0.3) is 0 Å². The van der Waals surface area contributed by atoms with Gasteiger partial charge in [-0.1, -0.05) is 24.3 Å². The van der Waals surface area contributed by atoms with Crippen LogP contribution >= 0.6 is 0 Å². The molecule has 1 aliphatic rings. The molecule has 7 nitrogen and oxygen atoms in total. The van der Waals surface area contributed by atoms with E-state index in [1.165, 1.54) is 18.3 Å². The van der Waals surface area contributed by atoms with Crippen LogP contribution in [0.25, 0.3) is 28.2 Å². The minimum atomic E-state index is 0.363. The monoisotopic (exact) mass is 398 g/mol. The van der Waals surface area contributed by atoms with E-state index >= 15 is 0 Å². The van der Waals surface area contributed by atoms with Gasteiger partial charge in [0.2, 0.25) is 5.89 Å². The Morgan fingerprint density at radius 1 is 1.10 bits per heavy atom. The van der Waals surface area contributed by atoms with E-state index in [1.54, 1.807) is 6.20 Å². The fourth-order valence-corrected chi connectivity index (χ4v) is 3.62. The van der Waals surface area contributed by atoms with E-state index in [-0.39, 0.29) is 0 Å². The number of allylic oxidation sites excluding steroid dienone is 1. The Hall–Kier alpha value is -3.74. The number of hydrogen-bond donors (Lipinski definition) is 2. The van der Waals surface area contributed by atoms with Crippen LogP contribution in [-0.4, -0.2) is 19.9 Å². The van der Waals surface area contributed by atoms with Crippen LogP contribution in [-0.2, 0) is 6.54 Å². The Morgan fingerprint density at radius 2 is 1.97 bits per heavy atom. The van der Waals surface area contributed by atoms with Crippen LogP contribution in [0.15, 0.2) is 58.8 Å². The van der Waals surface area contributed by atoms with Crippen molar-refractivity contribution in [1.29, 1.82) is 0 Å². The Bertz CT molecular complexity index is 1240. The first-order valence-electron chi connectivity index (χ1n) is 10.0. The first kappa shape index (κ1) is 18.3. The molecule has 0 bridgehead atoms. The van der Waals surface area contributed by atoms with Gasteiger partial charge < -0.3 is 15.5 Å². The molecule has 7 heteroatoms. The first-order valence-corrected chi connectivity index (χ1v) is 10.0. The predicted molar refractivity (Wildman–Crippen MR) is 116 cm³/mol. The van der Waals surface area contributed by atoms with Crippen molar-refractivity contribution in [2.75, 3.05) is 5.73 Å². The van der Waals surface area contributed by atoms with E-state index in [9.17, 15) is 0 Å². The smallest absolute Gasteiger partial charge is 0.246 e. The zero-order chi connectivity index (χ0) is 20.5. The molecule has 150 valence electrons. The van der Waals surface area contributed by atoms with Crippen molar-refractivity contribution in [3.05, 3.63) is 71.5 Å². The maximum atomic E-state index is 6.32. The van der Waals surface area contributed by atoms with Gasteiger partial charge in [0.05, 0.1) is 35.3 Å². The first-order chi connectivity index (χ1) is 14.7. The van der Waals surface area contributed by atoms with Gasteiger partial charge in [0.15, 0.2) is 5.82 Å². The molecule has 1 fully saturated rings. The lowest BCUT2D eigenvalue weighted by Crippen LogP contribution is -2.20. The Labute approximate surface area is 174 Å². The SMILES string of the molecule is Cc1nc(C(NCc2ccc3ccccc3n2)=C2CCC2)c(N)nc1-c1ncco1. The standard InChI is InChI=1S/C23H22N6O/c1-14-19(23-25-11-12-30-23)29-22(24)21(27-14)20(16-6-4-7-16)26-13-17-10-9-15-5-2-3-8-18(15)28-17/h2-3,5,8-12,26H,4,6-7,13H2,1H3,(H2,24,29). The Kier molecular flexibility index (Phi) is 4.63. The maximum absolute atomic E-state index is 6.32. The second kappa shape index (κ2) is 7.59. The third-order valence-electron chi connectivity index (χ3n) is 5.38. The largest absolute Gasteiger partial charge is 0.443 e. The molecule has 3 heterocycles. The number of nitrogens with one attached hydrogen (secondary N) is 1. The molecule has 0 amide bonds. The molecule has 0 radical (unpaired) electrons. The van der Waals surface area contributed by atoms with Crippen molar-refractivity contribution in [3.63, 3.8) is 0 Å². The van der Waals surface area contributed by atoms with Crippen molar-refractivity contribution < 1.29 is 4.42 Å². The highest BCUT2D eigenvalue weighted by Gasteiger charge is 2.22. The minimum absolute atomic E-state index is 0.363. The summed E-state index contributed by atoms with van der Waals surface area (Å²) < 4.78 is 5.37. The van der Waals surface area contributed by atoms with Gasteiger partial charge in [-0.05, 0) is 43.9 Å². The van der Waals surface area contributed by atoms with Crippen LogP contribution in [0.1, 0.15) is 36.3 Å². The maximum Gasteiger partial charge on any atom is 0.246 e.